The quantitative estimate of drug-likeness (QED) is 0.731. The van der Waals surface area contributed by atoms with E-state index in [1.807, 2.05) is 26.8 Å². The van der Waals surface area contributed by atoms with Crippen LogP contribution in [0.15, 0.2) is 12.1 Å². The first-order chi connectivity index (χ1) is 11.3. The van der Waals surface area contributed by atoms with E-state index in [1.165, 1.54) is 0 Å². The number of nitriles is 1. The molecule has 128 valence electrons. The van der Waals surface area contributed by atoms with Gasteiger partial charge in [0.25, 0.3) is 0 Å². The van der Waals surface area contributed by atoms with E-state index in [0.717, 1.165) is 5.69 Å². The van der Waals surface area contributed by atoms with Crippen molar-refractivity contribution in [2.75, 3.05) is 36.9 Å². The molecule has 1 aromatic rings. The summed E-state index contributed by atoms with van der Waals surface area (Å²) in [7, 11) is 0. The van der Waals surface area contributed by atoms with Crippen molar-refractivity contribution in [3.63, 3.8) is 0 Å². The zero-order valence-corrected chi connectivity index (χ0v) is 14.2. The van der Waals surface area contributed by atoms with Crippen molar-refractivity contribution in [3.8, 4) is 11.8 Å². The van der Waals surface area contributed by atoms with Crippen LogP contribution in [-0.2, 0) is 4.74 Å². The molecular weight excluding hydrogens is 308 g/mol. The van der Waals surface area contributed by atoms with Crippen LogP contribution in [0.3, 0.4) is 0 Å². The number of rotatable bonds is 0. The molecule has 2 N–H and O–H groups in total. The van der Waals surface area contributed by atoms with Gasteiger partial charge in [-0.15, -0.1) is 0 Å². The third-order valence-corrected chi connectivity index (χ3v) is 4.15. The number of nitrogens with zero attached hydrogens (tertiary/aromatic N) is 3. The molecule has 1 amide bonds. The summed E-state index contributed by atoms with van der Waals surface area (Å²) < 4.78 is 11.4. The van der Waals surface area contributed by atoms with Gasteiger partial charge in [0.2, 0.25) is 0 Å². The van der Waals surface area contributed by atoms with Crippen LogP contribution in [0.4, 0.5) is 16.2 Å². The second-order valence-electron chi connectivity index (χ2n) is 7.07. The lowest BCUT2D eigenvalue weighted by Crippen LogP contribution is -2.57. The normalized spacial score (nSPS) is 19.7. The van der Waals surface area contributed by atoms with Gasteiger partial charge in [-0.1, -0.05) is 0 Å². The first-order valence-electron chi connectivity index (χ1n) is 8.00. The number of piperazine rings is 1. The fourth-order valence-corrected chi connectivity index (χ4v) is 3.05. The number of nitrogen functional groups attached to an aromatic ring is 1. The van der Waals surface area contributed by atoms with Gasteiger partial charge in [0, 0.05) is 19.6 Å². The van der Waals surface area contributed by atoms with Crippen molar-refractivity contribution in [3.05, 3.63) is 17.7 Å². The molecule has 0 aromatic heterocycles. The fraction of sp³-hybridized carbons (Fsp3) is 0.529. The van der Waals surface area contributed by atoms with Crippen molar-refractivity contribution in [1.82, 2.24) is 4.90 Å². The number of hydrogen-bond acceptors (Lipinski definition) is 6. The Labute approximate surface area is 141 Å². The summed E-state index contributed by atoms with van der Waals surface area (Å²) in [6.45, 7) is 7.70. The molecule has 2 heterocycles. The second-order valence-corrected chi connectivity index (χ2v) is 7.07. The molecule has 1 saturated heterocycles. The summed E-state index contributed by atoms with van der Waals surface area (Å²) in [4.78, 5) is 16.3. The van der Waals surface area contributed by atoms with Gasteiger partial charge in [0.05, 0.1) is 17.4 Å². The van der Waals surface area contributed by atoms with Crippen LogP contribution < -0.4 is 15.4 Å². The smallest absolute Gasteiger partial charge is 0.410 e. The largest absolute Gasteiger partial charge is 0.488 e. The van der Waals surface area contributed by atoms with Gasteiger partial charge in [0.15, 0.2) is 5.75 Å². The average Bonchev–Trinajstić information content (AvgIpc) is 2.63. The van der Waals surface area contributed by atoms with Crippen molar-refractivity contribution in [1.29, 1.82) is 5.26 Å². The number of carbonyl (C=O) groups is 1. The maximum Gasteiger partial charge on any atom is 0.410 e. The summed E-state index contributed by atoms with van der Waals surface area (Å²) >= 11 is 0. The Hall–Kier alpha value is -2.62. The number of amides is 1. The lowest BCUT2D eigenvalue weighted by atomic mass is 10.1. The zero-order valence-electron chi connectivity index (χ0n) is 14.2. The highest BCUT2D eigenvalue weighted by Gasteiger charge is 2.37. The van der Waals surface area contributed by atoms with E-state index in [-0.39, 0.29) is 12.1 Å². The predicted molar refractivity (Wildman–Crippen MR) is 90.0 cm³/mol. The van der Waals surface area contributed by atoms with Crippen molar-refractivity contribution in [2.24, 2.45) is 0 Å². The van der Waals surface area contributed by atoms with Crippen LogP contribution in [0.2, 0.25) is 0 Å². The second kappa shape index (κ2) is 5.78. The van der Waals surface area contributed by atoms with Crippen LogP contribution in [0, 0.1) is 11.3 Å². The summed E-state index contributed by atoms with van der Waals surface area (Å²) in [6, 6.07) is 5.58. The summed E-state index contributed by atoms with van der Waals surface area (Å²) in [6.07, 6.45) is -0.332. The molecule has 0 spiro atoms. The molecule has 7 nitrogen and oxygen atoms in total. The number of anilines is 2. The maximum atomic E-state index is 12.4. The van der Waals surface area contributed by atoms with E-state index in [1.54, 1.807) is 11.0 Å². The van der Waals surface area contributed by atoms with E-state index >= 15 is 0 Å². The highest BCUT2D eigenvalue weighted by atomic mass is 16.6. The molecule has 2 aliphatic rings. The third-order valence-electron chi connectivity index (χ3n) is 4.15. The minimum Gasteiger partial charge on any atom is -0.488 e. The number of ether oxygens (including phenoxy) is 2. The van der Waals surface area contributed by atoms with Crippen molar-refractivity contribution >= 4 is 17.5 Å². The van der Waals surface area contributed by atoms with Crippen LogP contribution in [0.1, 0.15) is 26.3 Å². The topological polar surface area (TPSA) is 91.8 Å². The van der Waals surface area contributed by atoms with E-state index < -0.39 is 5.60 Å². The fourth-order valence-electron chi connectivity index (χ4n) is 3.05. The number of benzene rings is 1. The van der Waals surface area contributed by atoms with Crippen LogP contribution in [0.5, 0.6) is 5.75 Å². The monoisotopic (exact) mass is 330 g/mol. The molecule has 0 aliphatic carbocycles. The Bertz CT molecular complexity index is 705. The Balaban J connectivity index is 1.86. The number of fused-ring (bicyclic) bond motifs is 4. The van der Waals surface area contributed by atoms with Gasteiger partial charge in [-0.05, 0) is 32.9 Å². The molecule has 1 atom stereocenters. The Kier molecular flexibility index (Phi) is 3.91. The molecule has 7 heteroatoms. The van der Waals surface area contributed by atoms with Crippen LogP contribution >= 0.6 is 0 Å². The van der Waals surface area contributed by atoms with Crippen molar-refractivity contribution in [2.45, 2.75) is 32.4 Å². The Morgan fingerprint density at radius 2 is 2.17 bits per heavy atom. The third kappa shape index (κ3) is 2.92. The van der Waals surface area contributed by atoms with Gasteiger partial charge in [-0.25, -0.2) is 4.79 Å². The molecule has 3 rings (SSSR count). The predicted octanol–water partition coefficient (Wildman–Crippen LogP) is 1.96. The molecule has 0 radical (unpaired) electrons. The molecule has 2 bridgehead atoms. The highest BCUT2D eigenvalue weighted by Crippen LogP contribution is 2.38. The molecule has 0 saturated carbocycles. The lowest BCUT2D eigenvalue weighted by molar-refractivity contribution is 0.00975. The first-order valence-corrected chi connectivity index (χ1v) is 8.00. The molecule has 24 heavy (non-hydrogen) atoms. The van der Waals surface area contributed by atoms with E-state index in [0.29, 0.717) is 43.2 Å². The first kappa shape index (κ1) is 16.2. The maximum absolute atomic E-state index is 12.4. The SMILES string of the molecule is CC(C)(C)OC(=O)N1CCN2C[C@@H]1COc1c2ccc(N)c1C#N. The average molecular weight is 330 g/mol. The number of nitrogens with two attached hydrogens (primary N) is 1. The standard InChI is InChI=1S/C17H22N4O3/c1-17(2,3)24-16(22)21-7-6-20-9-11(21)10-23-15-12(8-18)13(19)4-5-14(15)20/h4-5,11H,6-7,9-10,19H2,1-3H3/t11-/m1/s1. The Morgan fingerprint density at radius 3 is 2.83 bits per heavy atom. The summed E-state index contributed by atoms with van der Waals surface area (Å²) in [5, 5.41) is 9.36. The molecule has 1 aromatic carbocycles. The lowest BCUT2D eigenvalue weighted by Gasteiger charge is -2.40. The summed E-state index contributed by atoms with van der Waals surface area (Å²) in [5.41, 5.74) is 6.95. The van der Waals surface area contributed by atoms with Crippen LogP contribution in [-0.4, -0.2) is 48.9 Å². The number of carbonyl (C=O) groups excluding carboxylic acids is 1. The minimum atomic E-state index is -0.537. The van der Waals surface area contributed by atoms with E-state index in [4.69, 9.17) is 15.2 Å². The highest BCUT2D eigenvalue weighted by molar-refractivity contribution is 5.75. The van der Waals surface area contributed by atoms with Gasteiger partial charge in [-0.2, -0.15) is 5.26 Å². The van der Waals surface area contributed by atoms with E-state index in [2.05, 4.69) is 11.0 Å². The zero-order chi connectivity index (χ0) is 17.5. The minimum absolute atomic E-state index is 0.131. The molecule has 2 aliphatic heterocycles. The molecule has 1 fully saturated rings. The van der Waals surface area contributed by atoms with E-state index in [9.17, 15) is 10.1 Å². The van der Waals surface area contributed by atoms with Gasteiger partial charge < -0.3 is 20.1 Å². The van der Waals surface area contributed by atoms with Gasteiger partial charge in [0.1, 0.15) is 23.8 Å². The van der Waals surface area contributed by atoms with Gasteiger partial charge >= 0.3 is 6.09 Å². The number of hydrogen-bond donors (Lipinski definition) is 1. The Morgan fingerprint density at radius 1 is 1.42 bits per heavy atom. The molecular formula is C17H22N4O3. The van der Waals surface area contributed by atoms with Crippen molar-refractivity contribution < 1.29 is 14.3 Å². The van der Waals surface area contributed by atoms with Gasteiger partial charge in [-0.3, -0.25) is 4.90 Å². The van der Waals surface area contributed by atoms with Crippen LogP contribution in [0.25, 0.3) is 0 Å². The molecule has 0 unspecified atom stereocenters. The summed E-state index contributed by atoms with van der Waals surface area (Å²) in [5.74, 6) is 0.506.